The number of hydrogen-bond donors (Lipinski definition) is 1. The van der Waals surface area contributed by atoms with E-state index in [1.165, 1.54) is 4.68 Å². The van der Waals surface area contributed by atoms with E-state index >= 15 is 0 Å². The highest BCUT2D eigenvalue weighted by Gasteiger charge is 2.14. The fourth-order valence-corrected chi connectivity index (χ4v) is 2.01. The first-order chi connectivity index (χ1) is 11.2. The molecule has 1 aromatic carbocycles. The number of anilines is 1. The Morgan fingerprint density at radius 1 is 1.35 bits per heavy atom. The normalized spacial score (nSPS) is 10.3. The molecule has 0 atom stereocenters. The zero-order valence-electron chi connectivity index (χ0n) is 12.4. The molecule has 0 radical (unpaired) electrons. The van der Waals surface area contributed by atoms with Crippen LogP contribution in [0.15, 0.2) is 47.1 Å². The molecule has 0 aliphatic rings. The van der Waals surface area contributed by atoms with Crippen LogP contribution in [0.5, 0.6) is 0 Å². The van der Waals surface area contributed by atoms with Crippen LogP contribution in [0.2, 0.25) is 0 Å². The van der Waals surface area contributed by atoms with Crippen LogP contribution in [-0.4, -0.2) is 20.8 Å². The molecule has 0 aliphatic carbocycles. The Morgan fingerprint density at radius 2 is 2.13 bits per heavy atom. The molecule has 0 bridgehead atoms. The van der Waals surface area contributed by atoms with Crippen LogP contribution in [-0.2, 0) is 6.54 Å². The molecule has 0 saturated heterocycles. The van der Waals surface area contributed by atoms with Gasteiger partial charge >= 0.3 is 0 Å². The molecule has 3 rings (SSSR count). The zero-order chi connectivity index (χ0) is 16.2. The van der Waals surface area contributed by atoms with Crippen molar-refractivity contribution in [1.82, 2.24) is 14.9 Å². The van der Waals surface area contributed by atoms with Gasteiger partial charge in [0.2, 0.25) is 0 Å². The number of carbonyl (C=O) groups excluding carboxylic acids is 1. The van der Waals surface area contributed by atoms with Crippen molar-refractivity contribution in [2.45, 2.75) is 13.5 Å². The summed E-state index contributed by atoms with van der Waals surface area (Å²) in [6.07, 6.45) is 1.61. The molecule has 7 heteroatoms. The predicted octanol–water partition coefficient (Wildman–Crippen LogP) is 2.62. The number of nitrogens with one attached hydrogen (secondary N) is 1. The van der Waals surface area contributed by atoms with Crippen LogP contribution in [0.1, 0.15) is 16.1 Å². The first-order valence-corrected chi connectivity index (χ1v) is 6.91. The lowest BCUT2D eigenvalue weighted by Gasteiger charge is -1.97. The van der Waals surface area contributed by atoms with Gasteiger partial charge in [0, 0.05) is 23.9 Å². The van der Waals surface area contributed by atoms with E-state index in [0.717, 1.165) is 11.1 Å². The van der Waals surface area contributed by atoms with Crippen molar-refractivity contribution in [3.8, 4) is 17.4 Å². The number of nitriles is 1. The fourth-order valence-electron chi connectivity index (χ4n) is 2.01. The molecular formula is C16H13N5O2. The minimum absolute atomic E-state index is 0.122. The van der Waals surface area contributed by atoms with E-state index < -0.39 is 5.91 Å². The molecule has 2 heterocycles. The average Bonchev–Trinajstić information content (AvgIpc) is 3.18. The Labute approximate surface area is 132 Å². The van der Waals surface area contributed by atoms with Gasteiger partial charge in [-0.1, -0.05) is 35.0 Å². The van der Waals surface area contributed by atoms with E-state index in [-0.39, 0.29) is 12.2 Å². The van der Waals surface area contributed by atoms with Gasteiger partial charge in [0.15, 0.2) is 17.3 Å². The van der Waals surface area contributed by atoms with Gasteiger partial charge < -0.3 is 9.84 Å². The van der Waals surface area contributed by atoms with Gasteiger partial charge in [0.1, 0.15) is 6.54 Å². The summed E-state index contributed by atoms with van der Waals surface area (Å²) in [6, 6.07) is 12.9. The fraction of sp³-hybridized carbons (Fsp3) is 0.125. The van der Waals surface area contributed by atoms with E-state index in [2.05, 4.69) is 15.6 Å². The number of hydrogen-bond acceptors (Lipinski definition) is 5. The van der Waals surface area contributed by atoms with Crippen molar-refractivity contribution in [1.29, 1.82) is 5.26 Å². The third kappa shape index (κ3) is 3.27. The Hall–Kier alpha value is -3.40. The Bertz CT molecular complexity index is 871. The van der Waals surface area contributed by atoms with E-state index in [4.69, 9.17) is 9.78 Å². The third-order valence-electron chi connectivity index (χ3n) is 3.19. The number of benzene rings is 1. The predicted molar refractivity (Wildman–Crippen MR) is 82.5 cm³/mol. The summed E-state index contributed by atoms with van der Waals surface area (Å²) in [7, 11) is 0. The summed E-state index contributed by atoms with van der Waals surface area (Å²) in [5, 5.41) is 19.0. The van der Waals surface area contributed by atoms with E-state index in [9.17, 15) is 4.79 Å². The van der Waals surface area contributed by atoms with Crippen molar-refractivity contribution < 1.29 is 9.32 Å². The van der Waals surface area contributed by atoms with Crippen LogP contribution < -0.4 is 5.32 Å². The van der Waals surface area contributed by atoms with Crippen molar-refractivity contribution >= 4 is 11.7 Å². The van der Waals surface area contributed by atoms with Gasteiger partial charge in [0.25, 0.3) is 5.91 Å². The summed E-state index contributed by atoms with van der Waals surface area (Å²) in [5.74, 6) is 0.449. The molecule has 23 heavy (non-hydrogen) atoms. The van der Waals surface area contributed by atoms with E-state index in [1.807, 2.05) is 37.3 Å². The lowest BCUT2D eigenvalue weighted by molar-refractivity contribution is 0.101. The first-order valence-electron chi connectivity index (χ1n) is 6.91. The summed E-state index contributed by atoms with van der Waals surface area (Å²) in [4.78, 5) is 12.1. The van der Waals surface area contributed by atoms with Crippen LogP contribution in [0.3, 0.4) is 0 Å². The van der Waals surface area contributed by atoms with Gasteiger partial charge in [0.05, 0.1) is 6.07 Å². The summed E-state index contributed by atoms with van der Waals surface area (Å²) >= 11 is 0. The summed E-state index contributed by atoms with van der Waals surface area (Å²) in [6.45, 7) is 2.12. The second kappa shape index (κ2) is 6.15. The molecule has 1 N–H and O–H groups in total. The molecular weight excluding hydrogens is 294 g/mol. The second-order valence-corrected chi connectivity index (χ2v) is 4.95. The number of carbonyl (C=O) groups is 1. The number of aryl methyl sites for hydroxylation is 1. The van der Waals surface area contributed by atoms with Gasteiger partial charge in [-0.25, -0.2) is 0 Å². The quantitative estimate of drug-likeness (QED) is 0.799. The highest BCUT2D eigenvalue weighted by molar-refractivity contribution is 6.02. The summed E-state index contributed by atoms with van der Waals surface area (Å²) in [5.41, 5.74) is 2.15. The summed E-state index contributed by atoms with van der Waals surface area (Å²) < 4.78 is 6.64. The monoisotopic (exact) mass is 307 g/mol. The van der Waals surface area contributed by atoms with Crippen LogP contribution >= 0.6 is 0 Å². The Morgan fingerprint density at radius 3 is 2.87 bits per heavy atom. The van der Waals surface area contributed by atoms with E-state index in [0.29, 0.717) is 11.6 Å². The Kier molecular flexibility index (Phi) is 3.89. The maximum atomic E-state index is 12.1. The van der Waals surface area contributed by atoms with Gasteiger partial charge in [-0.3, -0.25) is 9.48 Å². The van der Waals surface area contributed by atoms with Crippen molar-refractivity contribution in [2.24, 2.45) is 0 Å². The van der Waals surface area contributed by atoms with Crippen molar-refractivity contribution in [3.63, 3.8) is 0 Å². The number of amides is 1. The largest absolute Gasteiger partial charge is 0.355 e. The molecule has 0 aliphatic heterocycles. The minimum Gasteiger partial charge on any atom is -0.355 e. The minimum atomic E-state index is -0.422. The van der Waals surface area contributed by atoms with E-state index in [1.54, 1.807) is 18.3 Å². The lowest BCUT2D eigenvalue weighted by Crippen LogP contribution is -2.13. The van der Waals surface area contributed by atoms with Crippen LogP contribution in [0.25, 0.3) is 11.3 Å². The molecule has 1 amide bonds. The molecule has 7 nitrogen and oxygen atoms in total. The Balaban J connectivity index is 1.73. The average molecular weight is 307 g/mol. The topological polar surface area (TPSA) is 96.7 Å². The van der Waals surface area contributed by atoms with Crippen LogP contribution in [0, 0.1) is 18.3 Å². The second-order valence-electron chi connectivity index (χ2n) is 4.95. The van der Waals surface area contributed by atoms with Gasteiger partial charge in [-0.2, -0.15) is 10.4 Å². The SMILES string of the molecule is Cc1ccc(-c2cc(C(=O)Nc3ccn(CC#N)n3)no2)cc1. The number of rotatable bonds is 4. The zero-order valence-corrected chi connectivity index (χ0v) is 12.4. The molecule has 3 aromatic rings. The molecule has 114 valence electrons. The smallest absolute Gasteiger partial charge is 0.279 e. The first kappa shape index (κ1) is 14.5. The van der Waals surface area contributed by atoms with Crippen molar-refractivity contribution in [2.75, 3.05) is 5.32 Å². The van der Waals surface area contributed by atoms with Crippen molar-refractivity contribution in [3.05, 3.63) is 53.9 Å². The molecule has 0 unspecified atom stereocenters. The van der Waals surface area contributed by atoms with Crippen LogP contribution in [0.4, 0.5) is 5.82 Å². The van der Waals surface area contributed by atoms with Gasteiger partial charge in [-0.15, -0.1) is 0 Å². The molecule has 0 spiro atoms. The number of nitrogens with zero attached hydrogens (tertiary/aromatic N) is 4. The standard InChI is InChI=1S/C16H13N5O2/c1-11-2-4-12(5-3-11)14-10-13(20-23-14)16(22)18-15-6-8-21(19-15)9-7-17/h2-6,8,10H,9H2,1H3,(H,18,19,22). The molecule has 0 fully saturated rings. The third-order valence-corrected chi connectivity index (χ3v) is 3.19. The number of aromatic nitrogens is 3. The molecule has 2 aromatic heterocycles. The highest BCUT2D eigenvalue weighted by atomic mass is 16.5. The maximum Gasteiger partial charge on any atom is 0.279 e. The molecule has 0 saturated carbocycles. The van der Waals surface area contributed by atoms with Gasteiger partial charge in [-0.05, 0) is 6.92 Å². The maximum absolute atomic E-state index is 12.1. The lowest BCUT2D eigenvalue weighted by atomic mass is 10.1. The highest BCUT2D eigenvalue weighted by Crippen LogP contribution is 2.21.